The van der Waals surface area contributed by atoms with Crippen LogP contribution in [0.3, 0.4) is 0 Å². The van der Waals surface area contributed by atoms with Crippen LogP contribution in [0.25, 0.3) is 5.69 Å². The van der Waals surface area contributed by atoms with Crippen molar-refractivity contribution in [2.75, 3.05) is 0 Å². The third kappa shape index (κ3) is 3.25. The van der Waals surface area contributed by atoms with Gasteiger partial charge in [0.05, 0.1) is 10.6 Å². The zero-order valence-electron chi connectivity index (χ0n) is 13.5. The van der Waals surface area contributed by atoms with Crippen LogP contribution in [0.5, 0.6) is 0 Å². The summed E-state index contributed by atoms with van der Waals surface area (Å²) in [5.41, 5.74) is 1.71. The number of aromatic nitrogens is 4. The number of pyridine rings is 1. The predicted octanol–water partition coefficient (Wildman–Crippen LogP) is 3.91. The Kier molecular flexibility index (Phi) is 3.96. The molecule has 1 aliphatic rings. The monoisotopic (exact) mass is 353 g/mol. The van der Waals surface area contributed by atoms with Crippen molar-refractivity contribution in [2.45, 2.75) is 35.9 Å². The van der Waals surface area contributed by atoms with Crippen LogP contribution in [0, 0.1) is 17.0 Å². The molecule has 1 aliphatic carbocycles. The lowest BCUT2D eigenvalue weighted by molar-refractivity contribution is -0.385. The predicted molar refractivity (Wildman–Crippen MR) is 93.1 cm³/mol. The molecule has 2 aromatic heterocycles. The second-order valence-electron chi connectivity index (χ2n) is 5.95. The van der Waals surface area contributed by atoms with E-state index in [4.69, 9.17) is 0 Å². The summed E-state index contributed by atoms with van der Waals surface area (Å²) in [6.07, 6.45) is 3.53. The van der Waals surface area contributed by atoms with Crippen LogP contribution in [0.15, 0.2) is 52.8 Å². The minimum atomic E-state index is -0.442. The number of benzene rings is 1. The average Bonchev–Trinajstić information content (AvgIpc) is 3.38. The average molecular weight is 353 g/mol. The Hall–Kier alpha value is -2.74. The summed E-state index contributed by atoms with van der Waals surface area (Å²) in [7, 11) is 0. The maximum absolute atomic E-state index is 10.8. The first-order valence-electron chi connectivity index (χ1n) is 7.93. The van der Waals surface area contributed by atoms with Gasteiger partial charge in [0.15, 0.2) is 0 Å². The van der Waals surface area contributed by atoms with Crippen LogP contribution in [0.1, 0.15) is 30.1 Å². The van der Waals surface area contributed by atoms with E-state index in [1.807, 2.05) is 35.0 Å². The summed E-state index contributed by atoms with van der Waals surface area (Å²) in [4.78, 5) is 19.3. The maximum Gasteiger partial charge on any atom is 0.287 e. The number of para-hydroxylation sites is 1. The number of nitro groups is 1. The molecule has 25 heavy (non-hydrogen) atoms. The van der Waals surface area contributed by atoms with Crippen molar-refractivity contribution >= 4 is 17.4 Å². The Balaban J connectivity index is 1.67. The van der Waals surface area contributed by atoms with Crippen molar-refractivity contribution in [1.82, 2.24) is 19.7 Å². The Morgan fingerprint density at radius 3 is 2.68 bits per heavy atom. The smallest absolute Gasteiger partial charge is 0.258 e. The molecule has 1 saturated carbocycles. The van der Waals surface area contributed by atoms with Gasteiger partial charge in [0.2, 0.25) is 5.16 Å². The number of nitrogens with zero attached hydrogens (tertiary/aromatic N) is 5. The van der Waals surface area contributed by atoms with Gasteiger partial charge in [-0.25, -0.2) is 14.6 Å². The van der Waals surface area contributed by atoms with Gasteiger partial charge in [-0.15, -0.1) is 5.10 Å². The number of hydrogen-bond acceptors (Lipinski definition) is 6. The molecular weight excluding hydrogens is 338 g/mol. The van der Waals surface area contributed by atoms with Crippen molar-refractivity contribution in [2.24, 2.45) is 0 Å². The van der Waals surface area contributed by atoms with Gasteiger partial charge in [-0.1, -0.05) is 18.2 Å². The molecule has 0 bridgehead atoms. The number of aryl methyl sites for hydroxylation is 1. The minimum Gasteiger partial charge on any atom is -0.258 e. The molecule has 0 amide bonds. The molecule has 126 valence electrons. The fourth-order valence-corrected chi connectivity index (χ4v) is 3.31. The van der Waals surface area contributed by atoms with Crippen molar-refractivity contribution in [3.8, 4) is 5.69 Å². The molecule has 7 nitrogen and oxygen atoms in total. The van der Waals surface area contributed by atoms with Gasteiger partial charge in [-0.2, -0.15) is 0 Å². The molecule has 3 aromatic rings. The molecule has 0 atom stereocenters. The number of rotatable bonds is 5. The van der Waals surface area contributed by atoms with E-state index in [1.54, 1.807) is 6.92 Å². The minimum absolute atomic E-state index is 0.0108. The van der Waals surface area contributed by atoms with Crippen LogP contribution in [0.2, 0.25) is 0 Å². The van der Waals surface area contributed by atoms with Gasteiger partial charge < -0.3 is 0 Å². The summed E-state index contributed by atoms with van der Waals surface area (Å²) < 4.78 is 1.89. The van der Waals surface area contributed by atoms with Gasteiger partial charge in [0.1, 0.15) is 17.0 Å². The van der Waals surface area contributed by atoms with Gasteiger partial charge >= 0.3 is 0 Å². The van der Waals surface area contributed by atoms with E-state index >= 15 is 0 Å². The summed E-state index contributed by atoms with van der Waals surface area (Å²) in [6.45, 7) is 1.80. The lowest BCUT2D eigenvalue weighted by Crippen LogP contribution is -2.01. The molecule has 8 heteroatoms. The fourth-order valence-electron chi connectivity index (χ4n) is 2.55. The van der Waals surface area contributed by atoms with Crippen LogP contribution in [-0.2, 0) is 0 Å². The Labute approximate surface area is 148 Å². The second kappa shape index (κ2) is 6.29. The molecule has 1 fully saturated rings. The first-order chi connectivity index (χ1) is 12.1. The quantitative estimate of drug-likeness (QED) is 0.510. The highest BCUT2D eigenvalue weighted by molar-refractivity contribution is 7.99. The largest absolute Gasteiger partial charge is 0.287 e. The third-order valence-electron chi connectivity index (χ3n) is 3.97. The molecule has 2 heterocycles. The number of hydrogen-bond donors (Lipinski definition) is 0. The van der Waals surface area contributed by atoms with E-state index in [2.05, 4.69) is 15.1 Å². The lowest BCUT2D eigenvalue weighted by atomic mass is 10.3. The molecule has 0 spiro atoms. The van der Waals surface area contributed by atoms with E-state index in [9.17, 15) is 10.1 Å². The topological polar surface area (TPSA) is 86.7 Å². The van der Waals surface area contributed by atoms with Crippen LogP contribution in [-0.4, -0.2) is 24.7 Å². The Bertz CT molecular complexity index is 937. The van der Waals surface area contributed by atoms with Gasteiger partial charge in [0, 0.05) is 12.0 Å². The van der Waals surface area contributed by atoms with E-state index in [1.165, 1.54) is 24.0 Å². The van der Waals surface area contributed by atoms with Gasteiger partial charge in [0.25, 0.3) is 5.69 Å². The van der Waals surface area contributed by atoms with Crippen LogP contribution >= 0.6 is 11.8 Å². The molecular formula is C17H15N5O2S. The standard InChI is InChI=1S/C17H15N5O2S/c1-11-9-14(22(23)24)10-18-16(11)25-17-19-15(12-7-8-12)21(20-17)13-5-3-2-4-6-13/h2-6,9-10,12H,7-8H2,1H3. The molecule has 0 unspecified atom stereocenters. The van der Waals surface area contributed by atoms with Gasteiger partial charge in [-0.3, -0.25) is 10.1 Å². The van der Waals surface area contributed by atoms with Crippen molar-refractivity contribution in [3.05, 3.63) is 64.1 Å². The first kappa shape index (κ1) is 15.8. The summed E-state index contributed by atoms with van der Waals surface area (Å²) in [5, 5.41) is 16.8. The van der Waals surface area contributed by atoms with Gasteiger partial charge in [-0.05, 0) is 49.2 Å². The van der Waals surface area contributed by atoms with E-state index in [-0.39, 0.29) is 5.69 Å². The fraction of sp³-hybridized carbons (Fsp3) is 0.235. The zero-order chi connectivity index (χ0) is 17.4. The van der Waals surface area contributed by atoms with E-state index in [0.29, 0.717) is 16.1 Å². The molecule has 1 aromatic carbocycles. The molecule has 0 saturated heterocycles. The maximum atomic E-state index is 10.8. The van der Waals surface area contributed by atoms with Crippen LogP contribution < -0.4 is 0 Å². The normalized spacial score (nSPS) is 13.8. The lowest BCUT2D eigenvalue weighted by Gasteiger charge is -2.03. The summed E-state index contributed by atoms with van der Waals surface area (Å²) in [6, 6.07) is 11.4. The zero-order valence-corrected chi connectivity index (χ0v) is 14.3. The summed E-state index contributed by atoms with van der Waals surface area (Å²) in [5.74, 6) is 1.42. The van der Waals surface area contributed by atoms with Crippen LogP contribution in [0.4, 0.5) is 5.69 Å². The van der Waals surface area contributed by atoms with Crippen molar-refractivity contribution in [1.29, 1.82) is 0 Å². The molecule has 0 N–H and O–H groups in total. The molecule has 4 rings (SSSR count). The van der Waals surface area contributed by atoms with Crippen molar-refractivity contribution in [3.63, 3.8) is 0 Å². The molecule has 0 radical (unpaired) electrons. The van der Waals surface area contributed by atoms with E-state index in [0.717, 1.165) is 29.9 Å². The first-order valence-corrected chi connectivity index (χ1v) is 8.75. The Morgan fingerprint density at radius 1 is 1.28 bits per heavy atom. The SMILES string of the molecule is Cc1cc([N+](=O)[O-])cnc1Sc1nc(C2CC2)n(-c2ccccc2)n1. The second-order valence-corrected chi connectivity index (χ2v) is 6.90. The third-order valence-corrected chi connectivity index (χ3v) is 4.95. The summed E-state index contributed by atoms with van der Waals surface area (Å²) >= 11 is 1.33. The Morgan fingerprint density at radius 2 is 2.04 bits per heavy atom. The van der Waals surface area contributed by atoms with E-state index < -0.39 is 4.92 Å². The molecule has 0 aliphatic heterocycles. The highest BCUT2D eigenvalue weighted by atomic mass is 32.2. The van der Waals surface area contributed by atoms with Crippen molar-refractivity contribution < 1.29 is 4.92 Å². The highest BCUT2D eigenvalue weighted by Crippen LogP contribution is 2.41. The highest BCUT2D eigenvalue weighted by Gasteiger charge is 2.30.